The molecule has 2 nitrogen and oxygen atoms in total. The van der Waals surface area contributed by atoms with E-state index in [1.54, 1.807) is 0 Å². The van der Waals surface area contributed by atoms with E-state index < -0.39 is 0 Å². The Bertz CT molecular complexity index is 307. The molecule has 0 unspecified atom stereocenters. The molecule has 0 bridgehead atoms. The molecule has 1 heterocycles. The Morgan fingerprint density at radius 1 is 1.47 bits per heavy atom. The van der Waals surface area contributed by atoms with Crippen molar-refractivity contribution < 1.29 is 0 Å². The summed E-state index contributed by atoms with van der Waals surface area (Å²) in [6.07, 6.45) is 3.55. The molecular formula is C11H17BrN2S. The summed E-state index contributed by atoms with van der Waals surface area (Å²) in [7, 11) is 0. The molecule has 0 radical (unpaired) electrons. The van der Waals surface area contributed by atoms with Gasteiger partial charge in [-0.05, 0) is 66.3 Å². The summed E-state index contributed by atoms with van der Waals surface area (Å²) in [5.41, 5.74) is 5.74. The fourth-order valence-electron chi connectivity index (χ4n) is 1.96. The standard InChI is InChI=1S/C11H17BrN2S/c12-11-2-1-10(15-11)3-4-14-7-8-5-9(13)6-8/h1-2,8-9,14H,3-7,13H2. The lowest BCUT2D eigenvalue weighted by Gasteiger charge is -2.32. The molecule has 1 aromatic heterocycles. The molecule has 0 aliphatic heterocycles. The molecule has 4 heteroatoms. The minimum Gasteiger partial charge on any atom is -0.328 e. The monoisotopic (exact) mass is 288 g/mol. The van der Waals surface area contributed by atoms with Crippen molar-refractivity contribution in [2.75, 3.05) is 13.1 Å². The fourth-order valence-corrected chi connectivity index (χ4v) is 3.44. The van der Waals surface area contributed by atoms with E-state index in [1.807, 2.05) is 11.3 Å². The number of nitrogens with two attached hydrogens (primary N) is 1. The number of thiophene rings is 1. The predicted octanol–water partition coefficient (Wildman–Crippen LogP) is 2.38. The highest BCUT2D eigenvalue weighted by Gasteiger charge is 2.24. The first-order valence-electron chi connectivity index (χ1n) is 5.44. The third-order valence-electron chi connectivity index (χ3n) is 2.88. The second-order valence-electron chi connectivity index (χ2n) is 4.26. The fraction of sp³-hybridized carbons (Fsp3) is 0.636. The van der Waals surface area contributed by atoms with Crippen molar-refractivity contribution in [3.05, 3.63) is 20.8 Å². The molecule has 1 fully saturated rings. The Balaban J connectivity index is 1.55. The Labute approximate surface area is 103 Å². The van der Waals surface area contributed by atoms with Gasteiger partial charge in [-0.15, -0.1) is 11.3 Å². The highest BCUT2D eigenvalue weighted by Crippen LogP contribution is 2.24. The summed E-state index contributed by atoms with van der Waals surface area (Å²) in [6.45, 7) is 2.22. The van der Waals surface area contributed by atoms with E-state index in [2.05, 4.69) is 33.4 Å². The van der Waals surface area contributed by atoms with Gasteiger partial charge in [-0.1, -0.05) is 0 Å². The Kier molecular flexibility index (Phi) is 4.20. The molecule has 1 aliphatic carbocycles. The topological polar surface area (TPSA) is 38.0 Å². The van der Waals surface area contributed by atoms with Crippen molar-refractivity contribution in [1.82, 2.24) is 5.32 Å². The summed E-state index contributed by atoms with van der Waals surface area (Å²) in [4.78, 5) is 1.44. The number of halogens is 1. The smallest absolute Gasteiger partial charge is 0.0701 e. The summed E-state index contributed by atoms with van der Waals surface area (Å²) in [5, 5.41) is 3.50. The molecule has 0 atom stereocenters. The molecule has 3 N–H and O–H groups in total. The number of hydrogen-bond acceptors (Lipinski definition) is 3. The SMILES string of the molecule is NC1CC(CNCCc2ccc(Br)s2)C1. The van der Waals surface area contributed by atoms with Crippen molar-refractivity contribution in [1.29, 1.82) is 0 Å². The van der Waals surface area contributed by atoms with Crippen LogP contribution in [0.5, 0.6) is 0 Å². The van der Waals surface area contributed by atoms with Crippen LogP contribution in [0.3, 0.4) is 0 Å². The van der Waals surface area contributed by atoms with E-state index in [0.717, 1.165) is 25.4 Å². The van der Waals surface area contributed by atoms with E-state index in [0.29, 0.717) is 6.04 Å². The molecule has 0 amide bonds. The van der Waals surface area contributed by atoms with Gasteiger partial charge in [-0.2, -0.15) is 0 Å². The van der Waals surface area contributed by atoms with Gasteiger partial charge in [0.1, 0.15) is 0 Å². The first kappa shape index (κ1) is 11.6. The molecule has 0 aromatic carbocycles. The van der Waals surface area contributed by atoms with Crippen LogP contribution in [-0.4, -0.2) is 19.1 Å². The molecule has 1 aromatic rings. The van der Waals surface area contributed by atoms with E-state index in [1.165, 1.54) is 21.5 Å². The maximum atomic E-state index is 5.74. The van der Waals surface area contributed by atoms with Gasteiger partial charge in [0.15, 0.2) is 0 Å². The molecule has 1 saturated carbocycles. The molecule has 84 valence electrons. The van der Waals surface area contributed by atoms with Gasteiger partial charge >= 0.3 is 0 Å². The Morgan fingerprint density at radius 3 is 2.87 bits per heavy atom. The molecule has 0 spiro atoms. The van der Waals surface area contributed by atoms with Crippen LogP contribution in [0.1, 0.15) is 17.7 Å². The lowest BCUT2D eigenvalue weighted by molar-refractivity contribution is 0.257. The zero-order valence-corrected chi connectivity index (χ0v) is 11.1. The summed E-state index contributed by atoms with van der Waals surface area (Å²) in [5.74, 6) is 0.829. The highest BCUT2D eigenvalue weighted by molar-refractivity contribution is 9.11. The van der Waals surface area contributed by atoms with Crippen molar-refractivity contribution in [3.63, 3.8) is 0 Å². The van der Waals surface area contributed by atoms with Gasteiger partial charge in [-0.25, -0.2) is 0 Å². The van der Waals surface area contributed by atoms with Crippen LogP contribution in [0.25, 0.3) is 0 Å². The van der Waals surface area contributed by atoms with Crippen LogP contribution >= 0.6 is 27.3 Å². The number of rotatable bonds is 5. The largest absolute Gasteiger partial charge is 0.328 e. The number of hydrogen-bond donors (Lipinski definition) is 2. The van der Waals surface area contributed by atoms with Gasteiger partial charge in [0.25, 0.3) is 0 Å². The van der Waals surface area contributed by atoms with Gasteiger partial charge in [-0.3, -0.25) is 0 Å². The van der Waals surface area contributed by atoms with Crippen molar-refractivity contribution in [3.8, 4) is 0 Å². The zero-order chi connectivity index (χ0) is 10.7. The number of nitrogens with one attached hydrogen (secondary N) is 1. The quantitative estimate of drug-likeness (QED) is 0.817. The van der Waals surface area contributed by atoms with Gasteiger partial charge in [0.2, 0.25) is 0 Å². The van der Waals surface area contributed by atoms with Crippen molar-refractivity contribution >= 4 is 27.3 Å². The summed E-state index contributed by atoms with van der Waals surface area (Å²) < 4.78 is 1.22. The summed E-state index contributed by atoms with van der Waals surface area (Å²) in [6, 6.07) is 4.78. The molecule has 15 heavy (non-hydrogen) atoms. The minimum atomic E-state index is 0.477. The first-order valence-corrected chi connectivity index (χ1v) is 7.05. The van der Waals surface area contributed by atoms with E-state index in [-0.39, 0.29) is 0 Å². The Hall–Kier alpha value is 0.1000. The van der Waals surface area contributed by atoms with E-state index in [9.17, 15) is 0 Å². The molecule has 1 aliphatic rings. The van der Waals surface area contributed by atoms with E-state index >= 15 is 0 Å². The molecular weight excluding hydrogens is 272 g/mol. The van der Waals surface area contributed by atoms with Crippen LogP contribution in [0, 0.1) is 5.92 Å². The average molecular weight is 289 g/mol. The third-order valence-corrected chi connectivity index (χ3v) is 4.57. The van der Waals surface area contributed by atoms with Crippen LogP contribution in [0.15, 0.2) is 15.9 Å². The second-order valence-corrected chi connectivity index (χ2v) is 6.81. The van der Waals surface area contributed by atoms with E-state index in [4.69, 9.17) is 5.73 Å². The van der Waals surface area contributed by atoms with Gasteiger partial charge in [0.05, 0.1) is 3.79 Å². The lowest BCUT2D eigenvalue weighted by Crippen LogP contribution is -2.41. The predicted molar refractivity (Wildman–Crippen MR) is 69.3 cm³/mol. The van der Waals surface area contributed by atoms with Crippen molar-refractivity contribution in [2.24, 2.45) is 11.7 Å². The van der Waals surface area contributed by atoms with Gasteiger partial charge < -0.3 is 11.1 Å². The van der Waals surface area contributed by atoms with Crippen LogP contribution in [0.2, 0.25) is 0 Å². The molecule has 2 rings (SSSR count). The highest BCUT2D eigenvalue weighted by atomic mass is 79.9. The van der Waals surface area contributed by atoms with Crippen molar-refractivity contribution in [2.45, 2.75) is 25.3 Å². The maximum absolute atomic E-state index is 5.74. The van der Waals surface area contributed by atoms with Crippen LogP contribution in [0.4, 0.5) is 0 Å². The Morgan fingerprint density at radius 2 is 2.27 bits per heavy atom. The van der Waals surface area contributed by atoms with Crippen LogP contribution < -0.4 is 11.1 Å². The minimum absolute atomic E-state index is 0.477. The zero-order valence-electron chi connectivity index (χ0n) is 8.71. The summed E-state index contributed by atoms with van der Waals surface area (Å²) >= 11 is 5.30. The third kappa shape index (κ3) is 3.55. The van der Waals surface area contributed by atoms with Crippen LogP contribution in [-0.2, 0) is 6.42 Å². The first-order chi connectivity index (χ1) is 7.24. The normalized spacial score (nSPS) is 25.2. The lowest BCUT2D eigenvalue weighted by atomic mass is 9.81. The molecule has 0 saturated heterocycles. The van der Waals surface area contributed by atoms with Gasteiger partial charge in [0, 0.05) is 10.9 Å². The average Bonchev–Trinajstić information content (AvgIpc) is 2.55. The second kappa shape index (κ2) is 5.43. The maximum Gasteiger partial charge on any atom is 0.0701 e.